The molecular weight excluding hydrogens is 353 g/mol. The summed E-state index contributed by atoms with van der Waals surface area (Å²) in [6.45, 7) is 7.75. The summed E-state index contributed by atoms with van der Waals surface area (Å²) in [6.07, 6.45) is 0.824. The fourth-order valence-corrected chi connectivity index (χ4v) is 2.82. The minimum Gasteiger partial charge on any atom is -0.442 e. The van der Waals surface area contributed by atoms with Gasteiger partial charge in [0.05, 0.1) is 13.1 Å². The van der Waals surface area contributed by atoms with Gasteiger partial charge in [0.2, 0.25) is 0 Å². The number of amides is 2. The first kappa shape index (κ1) is 16.9. The lowest BCUT2D eigenvalue weighted by molar-refractivity contribution is -0.119. The quantitative estimate of drug-likeness (QED) is 0.642. The van der Waals surface area contributed by atoms with Crippen LogP contribution < -0.4 is 10.2 Å². The van der Waals surface area contributed by atoms with Crippen LogP contribution in [0.15, 0.2) is 24.3 Å². The van der Waals surface area contributed by atoms with E-state index in [1.165, 1.54) is 4.90 Å². The zero-order chi connectivity index (χ0) is 17.3. The maximum Gasteiger partial charge on any atom is 0.414 e. The Morgan fingerprint density at radius 3 is 2.62 bits per heavy atom. The van der Waals surface area contributed by atoms with Crippen molar-refractivity contribution in [2.45, 2.75) is 29.3 Å². The van der Waals surface area contributed by atoms with Crippen LogP contribution in [0.5, 0.6) is 0 Å². The number of nitrogens with one attached hydrogen (secondary N) is 1. The molecule has 0 unspecified atom stereocenters. The Kier molecular flexibility index (Phi) is 4.57. The van der Waals surface area contributed by atoms with Gasteiger partial charge in [-0.1, -0.05) is 23.2 Å². The number of cyclic esters (lactones) is 1. The maximum atomic E-state index is 12.0. The molecule has 1 atom stereocenters. The van der Waals surface area contributed by atoms with Gasteiger partial charge in [0.15, 0.2) is 4.84 Å². The average molecular weight is 368 g/mol. The summed E-state index contributed by atoms with van der Waals surface area (Å²) in [7, 11) is 0. The molecule has 1 N–H and O–H groups in total. The third kappa shape index (κ3) is 3.28. The minimum atomic E-state index is -1.15. The number of rotatable bonds is 5. The number of hydrogen-bond acceptors (Lipinski definition) is 3. The molecule has 0 radical (unpaired) electrons. The number of alkyl halides is 2. The maximum absolute atomic E-state index is 12.0. The van der Waals surface area contributed by atoms with Crippen molar-refractivity contribution in [3.05, 3.63) is 41.2 Å². The predicted molar refractivity (Wildman–Crippen MR) is 90.1 cm³/mol. The lowest BCUT2D eigenvalue weighted by atomic mass is 10.1. The number of benzene rings is 1. The lowest BCUT2D eigenvalue weighted by Crippen LogP contribution is -2.37. The molecule has 0 spiro atoms. The van der Waals surface area contributed by atoms with Crippen LogP contribution >= 0.6 is 23.2 Å². The van der Waals surface area contributed by atoms with Crippen molar-refractivity contribution in [2.24, 2.45) is 0 Å². The van der Waals surface area contributed by atoms with Crippen LogP contribution in [0.3, 0.4) is 0 Å². The van der Waals surface area contributed by atoms with E-state index in [4.69, 9.17) is 34.5 Å². The topological polar surface area (TPSA) is 63.0 Å². The highest BCUT2D eigenvalue weighted by atomic mass is 35.5. The van der Waals surface area contributed by atoms with Crippen molar-refractivity contribution >= 4 is 40.9 Å². The molecule has 1 aromatic rings. The molecule has 2 amide bonds. The summed E-state index contributed by atoms with van der Waals surface area (Å²) in [5.74, 6) is -0.522. The van der Waals surface area contributed by atoms with Crippen LogP contribution in [-0.2, 0) is 15.1 Å². The van der Waals surface area contributed by atoms with Crippen LogP contribution in [-0.4, -0.2) is 36.0 Å². The number of carbonyl (C=O) groups is 2. The lowest BCUT2D eigenvalue weighted by Gasteiger charge is -2.14. The van der Waals surface area contributed by atoms with E-state index in [2.05, 4.69) is 10.2 Å². The Labute approximate surface area is 149 Å². The molecule has 1 aromatic carbocycles. The normalized spacial score (nSPS) is 21.3. The molecule has 1 heterocycles. The van der Waals surface area contributed by atoms with E-state index in [9.17, 15) is 9.59 Å². The molecule has 1 saturated carbocycles. The molecule has 6 nitrogen and oxygen atoms in total. The Balaban J connectivity index is 1.62. The summed E-state index contributed by atoms with van der Waals surface area (Å²) >= 11 is 10.9. The second kappa shape index (κ2) is 6.50. The first-order valence-corrected chi connectivity index (χ1v) is 8.36. The molecule has 0 bridgehead atoms. The SMILES string of the molecule is [C-]#[N+]C1(c2ccc(N3C[C@H](CNC(=O)C(Cl)Cl)OC3=O)cc2)CC1. The number of halogens is 2. The summed E-state index contributed by atoms with van der Waals surface area (Å²) in [5.41, 5.74) is 1.31. The molecule has 1 saturated heterocycles. The zero-order valence-corrected chi connectivity index (χ0v) is 14.2. The van der Waals surface area contributed by atoms with Crippen molar-refractivity contribution in [3.8, 4) is 0 Å². The van der Waals surface area contributed by atoms with E-state index in [1.807, 2.05) is 24.3 Å². The Morgan fingerprint density at radius 1 is 1.42 bits per heavy atom. The van der Waals surface area contributed by atoms with Gasteiger partial charge >= 0.3 is 6.09 Å². The molecule has 0 aromatic heterocycles. The first-order valence-electron chi connectivity index (χ1n) is 7.48. The fraction of sp³-hybridized carbons (Fsp3) is 0.438. The van der Waals surface area contributed by atoms with Gasteiger partial charge in [0.1, 0.15) is 6.10 Å². The van der Waals surface area contributed by atoms with Crippen molar-refractivity contribution in [1.82, 2.24) is 5.32 Å². The van der Waals surface area contributed by atoms with Gasteiger partial charge in [0, 0.05) is 24.1 Å². The number of ether oxygens (including phenoxy) is 1. The number of anilines is 1. The van der Waals surface area contributed by atoms with Gasteiger partial charge in [-0.25, -0.2) is 11.4 Å². The second-order valence-corrected chi connectivity index (χ2v) is 6.95. The zero-order valence-electron chi connectivity index (χ0n) is 12.7. The Morgan fingerprint density at radius 2 is 2.08 bits per heavy atom. The van der Waals surface area contributed by atoms with Crippen LogP contribution in [0.2, 0.25) is 0 Å². The average Bonchev–Trinajstić information content (AvgIpc) is 3.30. The van der Waals surface area contributed by atoms with Crippen LogP contribution in [0.1, 0.15) is 18.4 Å². The van der Waals surface area contributed by atoms with Crippen molar-refractivity contribution < 1.29 is 14.3 Å². The largest absolute Gasteiger partial charge is 0.442 e. The number of nitrogens with zero attached hydrogens (tertiary/aromatic N) is 2. The van der Waals surface area contributed by atoms with Gasteiger partial charge in [-0.15, -0.1) is 0 Å². The minimum absolute atomic E-state index is 0.149. The molecule has 1 aliphatic heterocycles. The summed E-state index contributed by atoms with van der Waals surface area (Å²) in [6, 6.07) is 7.40. The smallest absolute Gasteiger partial charge is 0.414 e. The highest BCUT2D eigenvalue weighted by Gasteiger charge is 2.52. The van der Waals surface area contributed by atoms with E-state index >= 15 is 0 Å². The Hall–Kier alpha value is -1.97. The predicted octanol–water partition coefficient (Wildman–Crippen LogP) is 2.84. The van der Waals surface area contributed by atoms with Gasteiger partial charge in [-0.2, -0.15) is 0 Å². The first-order chi connectivity index (χ1) is 11.4. The van der Waals surface area contributed by atoms with E-state index in [0.717, 1.165) is 18.4 Å². The van der Waals surface area contributed by atoms with Crippen molar-refractivity contribution in [3.63, 3.8) is 0 Å². The molecule has 8 heteroatoms. The summed E-state index contributed by atoms with van der Waals surface area (Å²) < 4.78 is 5.23. The molecular formula is C16H15Cl2N3O3. The second-order valence-electron chi connectivity index (χ2n) is 5.85. The van der Waals surface area contributed by atoms with Gasteiger partial charge in [-0.3, -0.25) is 9.69 Å². The highest BCUT2D eigenvalue weighted by molar-refractivity contribution is 6.53. The standard InChI is InChI=1S/C16H15Cl2N3O3/c1-19-16(6-7-16)10-2-4-11(5-3-10)21-9-12(24-15(21)23)8-20-14(22)13(17)18/h2-5,12-13H,6-9H2,(H,20,22)/t12-/m0/s1. The summed E-state index contributed by atoms with van der Waals surface area (Å²) in [5, 5.41) is 2.52. The number of hydrogen-bond donors (Lipinski definition) is 1. The third-order valence-electron chi connectivity index (χ3n) is 4.23. The molecule has 126 valence electrons. The van der Waals surface area contributed by atoms with Crippen molar-refractivity contribution in [1.29, 1.82) is 0 Å². The van der Waals surface area contributed by atoms with Gasteiger partial charge < -0.3 is 14.9 Å². The van der Waals surface area contributed by atoms with E-state index in [-0.39, 0.29) is 12.1 Å². The van der Waals surface area contributed by atoms with Crippen LogP contribution in [0.4, 0.5) is 10.5 Å². The number of carbonyl (C=O) groups excluding carboxylic acids is 2. The molecule has 24 heavy (non-hydrogen) atoms. The molecule has 1 aliphatic carbocycles. The van der Waals surface area contributed by atoms with Gasteiger partial charge in [-0.05, 0) is 24.3 Å². The molecule has 2 aliphatic rings. The van der Waals surface area contributed by atoms with Crippen LogP contribution in [0.25, 0.3) is 4.85 Å². The molecule has 2 fully saturated rings. The fourth-order valence-electron chi connectivity index (χ4n) is 2.67. The van der Waals surface area contributed by atoms with Crippen LogP contribution in [0, 0.1) is 6.57 Å². The van der Waals surface area contributed by atoms with Gasteiger partial charge in [0.25, 0.3) is 11.4 Å². The third-order valence-corrected chi connectivity index (χ3v) is 4.63. The monoisotopic (exact) mass is 367 g/mol. The molecule has 3 rings (SSSR count). The van der Waals surface area contributed by atoms with E-state index in [1.54, 1.807) is 0 Å². The Bertz CT molecular complexity index is 696. The summed E-state index contributed by atoms with van der Waals surface area (Å²) in [4.78, 5) is 27.4. The van der Waals surface area contributed by atoms with E-state index < -0.39 is 22.9 Å². The van der Waals surface area contributed by atoms with Crippen molar-refractivity contribution in [2.75, 3.05) is 18.0 Å². The van der Waals surface area contributed by atoms with E-state index in [0.29, 0.717) is 12.2 Å². The highest BCUT2D eigenvalue weighted by Crippen LogP contribution is 2.49.